The maximum absolute atomic E-state index is 11.5. The van der Waals surface area contributed by atoms with E-state index in [1.807, 2.05) is 0 Å². The third-order valence-corrected chi connectivity index (χ3v) is 2.02. The zero-order valence-electron chi connectivity index (χ0n) is 8.36. The van der Waals surface area contributed by atoms with Crippen molar-refractivity contribution in [3.63, 3.8) is 0 Å². The Hall–Kier alpha value is -1.84. The first-order valence-corrected chi connectivity index (χ1v) is 4.55. The molecule has 2 N–H and O–H groups in total. The number of aromatic hydroxyl groups is 1. The molecule has 0 heterocycles. The molecular formula is C11H12O4. The summed E-state index contributed by atoms with van der Waals surface area (Å²) in [7, 11) is 0. The van der Waals surface area contributed by atoms with Crippen molar-refractivity contribution in [2.75, 3.05) is 0 Å². The number of hydrogen-bond acceptors (Lipinski definition) is 3. The highest BCUT2D eigenvalue weighted by atomic mass is 16.4. The normalized spacial score (nSPS) is 9.93. The molecule has 1 rings (SSSR count). The Balaban J connectivity index is 2.81. The van der Waals surface area contributed by atoms with E-state index in [4.69, 9.17) is 5.11 Å². The van der Waals surface area contributed by atoms with Crippen molar-refractivity contribution >= 4 is 11.8 Å². The molecule has 0 spiro atoms. The minimum absolute atomic E-state index is 0.0909. The molecule has 1 aromatic carbocycles. The van der Waals surface area contributed by atoms with Gasteiger partial charge in [0.2, 0.25) is 0 Å². The minimum atomic E-state index is -1.02. The van der Waals surface area contributed by atoms with Gasteiger partial charge in [-0.25, -0.2) is 0 Å². The zero-order valence-corrected chi connectivity index (χ0v) is 8.36. The van der Waals surface area contributed by atoms with Crippen LogP contribution in [0.1, 0.15) is 28.8 Å². The van der Waals surface area contributed by atoms with Crippen LogP contribution in [-0.4, -0.2) is 22.0 Å². The van der Waals surface area contributed by atoms with Crippen LogP contribution in [0.2, 0.25) is 0 Å². The maximum atomic E-state index is 11.5. The lowest BCUT2D eigenvalue weighted by Gasteiger charge is -2.03. The monoisotopic (exact) mass is 208 g/mol. The van der Waals surface area contributed by atoms with Crippen LogP contribution in [0.4, 0.5) is 0 Å². The topological polar surface area (TPSA) is 74.6 Å². The summed E-state index contributed by atoms with van der Waals surface area (Å²) in [4.78, 5) is 21.8. The number of ketones is 1. The van der Waals surface area contributed by atoms with E-state index < -0.39 is 5.97 Å². The number of rotatable bonds is 4. The van der Waals surface area contributed by atoms with Crippen molar-refractivity contribution < 1.29 is 19.8 Å². The lowest BCUT2D eigenvalue weighted by molar-refractivity contribution is -0.136. The Morgan fingerprint density at radius 3 is 2.53 bits per heavy atom. The molecule has 0 fully saturated rings. The predicted octanol–water partition coefficient (Wildman–Crippen LogP) is 1.75. The second-order valence-corrected chi connectivity index (χ2v) is 3.34. The van der Waals surface area contributed by atoms with Crippen LogP contribution in [0.5, 0.6) is 5.75 Å². The van der Waals surface area contributed by atoms with Gasteiger partial charge in [-0.3, -0.25) is 9.59 Å². The van der Waals surface area contributed by atoms with Crippen LogP contribution < -0.4 is 0 Å². The predicted molar refractivity (Wildman–Crippen MR) is 54.0 cm³/mol. The maximum Gasteiger partial charge on any atom is 0.303 e. The van der Waals surface area contributed by atoms with Gasteiger partial charge in [0.15, 0.2) is 5.78 Å². The van der Waals surface area contributed by atoms with Crippen molar-refractivity contribution in [2.45, 2.75) is 19.8 Å². The molecule has 0 aromatic heterocycles. The molecule has 80 valence electrons. The van der Waals surface area contributed by atoms with Crippen LogP contribution in [0, 0.1) is 6.92 Å². The van der Waals surface area contributed by atoms with Crippen molar-refractivity contribution in [3.05, 3.63) is 29.3 Å². The van der Waals surface area contributed by atoms with Gasteiger partial charge in [0.25, 0.3) is 0 Å². The first-order chi connectivity index (χ1) is 7.00. The Morgan fingerprint density at radius 2 is 1.93 bits per heavy atom. The van der Waals surface area contributed by atoms with Crippen molar-refractivity contribution in [3.8, 4) is 5.75 Å². The standard InChI is InChI=1S/C11H12O4/c1-7-2-3-9(12)8(6-7)10(13)4-5-11(14)15/h2-3,6,12H,4-5H2,1H3,(H,14,15). The molecule has 0 aliphatic heterocycles. The Morgan fingerprint density at radius 1 is 1.27 bits per heavy atom. The number of aryl methyl sites for hydroxylation is 1. The van der Waals surface area contributed by atoms with E-state index in [1.54, 1.807) is 19.1 Å². The third-order valence-electron chi connectivity index (χ3n) is 2.02. The molecule has 0 amide bonds. The first-order valence-electron chi connectivity index (χ1n) is 4.55. The van der Waals surface area contributed by atoms with Gasteiger partial charge in [0, 0.05) is 6.42 Å². The van der Waals surface area contributed by atoms with E-state index in [0.717, 1.165) is 5.56 Å². The molecule has 0 unspecified atom stereocenters. The molecular weight excluding hydrogens is 196 g/mol. The van der Waals surface area contributed by atoms with E-state index in [1.165, 1.54) is 6.07 Å². The number of carboxylic acid groups (broad SMARTS) is 1. The number of carbonyl (C=O) groups excluding carboxylic acids is 1. The number of aliphatic carboxylic acids is 1. The average molecular weight is 208 g/mol. The SMILES string of the molecule is Cc1ccc(O)c(C(=O)CCC(=O)O)c1. The summed E-state index contributed by atoms with van der Waals surface area (Å²) < 4.78 is 0. The van der Waals surface area contributed by atoms with Gasteiger partial charge >= 0.3 is 5.97 Å². The van der Waals surface area contributed by atoms with E-state index in [9.17, 15) is 14.7 Å². The number of phenolic OH excluding ortho intramolecular Hbond substituents is 1. The quantitative estimate of drug-likeness (QED) is 0.739. The molecule has 0 aliphatic rings. The summed E-state index contributed by atoms with van der Waals surface area (Å²) in [5.41, 5.74) is 1.04. The summed E-state index contributed by atoms with van der Waals surface area (Å²) in [5.74, 6) is -1.47. The lowest BCUT2D eigenvalue weighted by Crippen LogP contribution is -2.04. The van der Waals surface area contributed by atoms with E-state index in [0.29, 0.717) is 0 Å². The van der Waals surface area contributed by atoms with Crippen LogP contribution in [-0.2, 0) is 4.79 Å². The van der Waals surface area contributed by atoms with E-state index >= 15 is 0 Å². The van der Waals surface area contributed by atoms with Gasteiger partial charge in [-0.05, 0) is 19.1 Å². The number of Topliss-reactive ketones (excluding diaryl/α,β-unsaturated/α-hetero) is 1. The smallest absolute Gasteiger partial charge is 0.303 e. The largest absolute Gasteiger partial charge is 0.507 e. The molecule has 0 atom stereocenters. The highest BCUT2D eigenvalue weighted by Crippen LogP contribution is 2.20. The van der Waals surface area contributed by atoms with Crippen LogP contribution in [0.25, 0.3) is 0 Å². The number of carboxylic acids is 1. The minimum Gasteiger partial charge on any atom is -0.507 e. The van der Waals surface area contributed by atoms with Crippen LogP contribution in [0.3, 0.4) is 0 Å². The number of carbonyl (C=O) groups is 2. The van der Waals surface area contributed by atoms with E-state index in [-0.39, 0.29) is 29.9 Å². The third kappa shape index (κ3) is 3.09. The highest BCUT2D eigenvalue weighted by molar-refractivity contribution is 5.99. The van der Waals surface area contributed by atoms with Gasteiger partial charge in [-0.15, -0.1) is 0 Å². The van der Waals surface area contributed by atoms with Crippen LogP contribution in [0.15, 0.2) is 18.2 Å². The molecule has 4 nitrogen and oxygen atoms in total. The fraction of sp³-hybridized carbons (Fsp3) is 0.273. The molecule has 1 aromatic rings. The summed E-state index contributed by atoms with van der Waals surface area (Å²) in [6, 6.07) is 4.67. The van der Waals surface area contributed by atoms with Gasteiger partial charge in [0.05, 0.1) is 12.0 Å². The summed E-state index contributed by atoms with van der Waals surface area (Å²) >= 11 is 0. The number of phenols is 1. The first kappa shape index (κ1) is 11.2. The molecule has 0 radical (unpaired) electrons. The summed E-state index contributed by atoms with van der Waals surface area (Å²) in [5, 5.41) is 17.8. The zero-order chi connectivity index (χ0) is 11.4. The van der Waals surface area contributed by atoms with Gasteiger partial charge in [-0.1, -0.05) is 11.6 Å². The van der Waals surface area contributed by atoms with E-state index in [2.05, 4.69) is 0 Å². The van der Waals surface area contributed by atoms with Gasteiger partial charge in [0.1, 0.15) is 5.75 Å². The van der Waals surface area contributed by atoms with Crippen molar-refractivity contribution in [1.29, 1.82) is 0 Å². The van der Waals surface area contributed by atoms with Gasteiger partial charge < -0.3 is 10.2 Å². The van der Waals surface area contributed by atoms with Gasteiger partial charge in [-0.2, -0.15) is 0 Å². The molecule has 0 aliphatic carbocycles. The molecule has 0 saturated heterocycles. The molecule has 0 bridgehead atoms. The highest BCUT2D eigenvalue weighted by Gasteiger charge is 2.12. The second-order valence-electron chi connectivity index (χ2n) is 3.34. The number of hydrogen-bond donors (Lipinski definition) is 2. The molecule has 15 heavy (non-hydrogen) atoms. The summed E-state index contributed by atoms with van der Waals surface area (Å²) in [6.45, 7) is 1.80. The van der Waals surface area contributed by atoms with Crippen LogP contribution >= 0.6 is 0 Å². The summed E-state index contributed by atoms with van der Waals surface area (Å²) in [6.07, 6.45) is -0.307. The lowest BCUT2D eigenvalue weighted by atomic mass is 10.0. The Labute approximate surface area is 87.2 Å². The Kier molecular flexibility index (Phi) is 3.44. The molecule has 4 heteroatoms. The Bertz CT molecular complexity index is 396. The number of benzene rings is 1. The fourth-order valence-electron chi connectivity index (χ4n) is 1.23. The molecule has 0 saturated carbocycles. The fourth-order valence-corrected chi connectivity index (χ4v) is 1.23. The average Bonchev–Trinajstić information content (AvgIpc) is 2.18. The van der Waals surface area contributed by atoms with Crippen molar-refractivity contribution in [1.82, 2.24) is 0 Å². The second kappa shape index (κ2) is 4.59. The van der Waals surface area contributed by atoms with Crippen molar-refractivity contribution in [2.24, 2.45) is 0 Å².